The summed E-state index contributed by atoms with van der Waals surface area (Å²) in [7, 11) is 0. The highest BCUT2D eigenvalue weighted by atomic mass is 35.5. The van der Waals surface area contributed by atoms with Gasteiger partial charge in [0, 0.05) is 27.8 Å². The number of para-hydroxylation sites is 1. The molecule has 110 valence electrons. The Morgan fingerprint density at radius 2 is 2.00 bits per heavy atom. The van der Waals surface area contributed by atoms with E-state index in [1.54, 1.807) is 6.07 Å². The summed E-state index contributed by atoms with van der Waals surface area (Å²) >= 11 is 17.2. The number of nitrogens with two attached hydrogens (primary N) is 1. The van der Waals surface area contributed by atoms with Gasteiger partial charge < -0.3 is 11.1 Å². The van der Waals surface area contributed by atoms with Crippen molar-refractivity contribution in [3.63, 3.8) is 0 Å². The van der Waals surface area contributed by atoms with E-state index >= 15 is 0 Å². The topological polar surface area (TPSA) is 38.0 Å². The van der Waals surface area contributed by atoms with Gasteiger partial charge in [-0.05, 0) is 42.7 Å². The van der Waals surface area contributed by atoms with Gasteiger partial charge in [0.1, 0.15) is 4.99 Å². The average Bonchev–Trinajstić information content (AvgIpc) is 2.42. The van der Waals surface area contributed by atoms with Gasteiger partial charge in [-0.15, -0.1) is 0 Å². The van der Waals surface area contributed by atoms with Crippen LogP contribution in [0.3, 0.4) is 0 Å². The molecule has 0 saturated heterocycles. The van der Waals surface area contributed by atoms with Crippen molar-refractivity contribution in [1.29, 1.82) is 0 Å². The molecule has 0 unspecified atom stereocenters. The number of halogens is 2. The highest BCUT2D eigenvalue weighted by Crippen LogP contribution is 2.23. The van der Waals surface area contributed by atoms with Crippen LogP contribution >= 0.6 is 35.4 Å². The maximum atomic E-state index is 6.17. The molecule has 0 saturated carbocycles. The number of anilines is 1. The summed E-state index contributed by atoms with van der Waals surface area (Å²) < 4.78 is 0. The van der Waals surface area contributed by atoms with Gasteiger partial charge in [0.2, 0.25) is 0 Å². The molecule has 21 heavy (non-hydrogen) atoms. The van der Waals surface area contributed by atoms with E-state index in [0.717, 1.165) is 35.3 Å². The zero-order chi connectivity index (χ0) is 15.4. The predicted octanol–water partition coefficient (Wildman–Crippen LogP) is 4.59. The number of nitrogens with one attached hydrogen (secondary N) is 1. The lowest BCUT2D eigenvalue weighted by Crippen LogP contribution is -2.15. The normalized spacial score (nSPS) is 10.4. The van der Waals surface area contributed by atoms with Crippen LogP contribution in [0.25, 0.3) is 0 Å². The first-order valence-corrected chi connectivity index (χ1v) is 7.72. The molecule has 0 fully saturated rings. The summed E-state index contributed by atoms with van der Waals surface area (Å²) in [6.45, 7) is 2.77. The van der Waals surface area contributed by atoms with Gasteiger partial charge in [0.25, 0.3) is 0 Å². The summed E-state index contributed by atoms with van der Waals surface area (Å²) in [4.78, 5) is 0.394. The van der Waals surface area contributed by atoms with Gasteiger partial charge in [-0.2, -0.15) is 0 Å². The molecule has 0 aliphatic heterocycles. The molecule has 0 radical (unpaired) electrons. The Morgan fingerprint density at radius 1 is 1.24 bits per heavy atom. The van der Waals surface area contributed by atoms with Crippen LogP contribution in [0.4, 0.5) is 5.69 Å². The van der Waals surface area contributed by atoms with Crippen molar-refractivity contribution in [2.45, 2.75) is 13.3 Å². The zero-order valence-corrected chi connectivity index (χ0v) is 13.9. The molecular formula is C16H16Cl2N2S. The Hall–Kier alpha value is -1.29. The third-order valence-corrected chi connectivity index (χ3v) is 4.06. The summed E-state index contributed by atoms with van der Waals surface area (Å²) in [6.07, 6.45) is 0.793. The first-order chi connectivity index (χ1) is 9.99. The summed E-state index contributed by atoms with van der Waals surface area (Å²) in [5.74, 6) is 0. The van der Waals surface area contributed by atoms with Crippen LogP contribution in [0, 0.1) is 6.92 Å². The minimum absolute atomic E-state index is 0.394. The Balaban J connectivity index is 2.09. The molecule has 0 heterocycles. The molecule has 2 nitrogen and oxygen atoms in total. The van der Waals surface area contributed by atoms with Crippen molar-refractivity contribution >= 4 is 46.1 Å². The minimum atomic E-state index is 0.394. The molecule has 0 bridgehead atoms. The third kappa shape index (κ3) is 4.10. The first-order valence-electron chi connectivity index (χ1n) is 6.56. The number of hydrogen-bond donors (Lipinski definition) is 2. The van der Waals surface area contributed by atoms with Gasteiger partial charge in [-0.1, -0.05) is 53.6 Å². The lowest BCUT2D eigenvalue weighted by molar-refractivity contribution is 1.02. The molecule has 0 aliphatic rings. The largest absolute Gasteiger partial charge is 0.389 e. The molecule has 5 heteroatoms. The molecule has 0 atom stereocenters. The molecule has 2 aromatic rings. The van der Waals surface area contributed by atoms with Crippen LogP contribution in [-0.2, 0) is 6.42 Å². The molecule has 2 rings (SSSR count). The fourth-order valence-corrected chi connectivity index (χ4v) is 2.83. The summed E-state index contributed by atoms with van der Waals surface area (Å²) in [6, 6.07) is 11.4. The zero-order valence-electron chi connectivity index (χ0n) is 11.6. The van der Waals surface area contributed by atoms with Crippen LogP contribution in [-0.4, -0.2) is 11.5 Å². The van der Waals surface area contributed by atoms with Crippen molar-refractivity contribution in [2.75, 3.05) is 11.9 Å². The standard InChI is InChI=1S/C16H16Cl2N2S/c1-10-3-2-4-13(16(19)21)15(10)20-8-7-11-5-6-12(17)9-14(11)18/h2-6,9,20H,7-8H2,1H3,(H2,19,21). The predicted molar refractivity (Wildman–Crippen MR) is 95.7 cm³/mol. The fraction of sp³-hybridized carbons (Fsp3) is 0.188. The third-order valence-electron chi connectivity index (χ3n) is 3.25. The highest BCUT2D eigenvalue weighted by Gasteiger charge is 2.08. The van der Waals surface area contributed by atoms with Crippen LogP contribution in [0.2, 0.25) is 10.0 Å². The van der Waals surface area contributed by atoms with E-state index in [-0.39, 0.29) is 0 Å². The summed E-state index contributed by atoms with van der Waals surface area (Å²) in [5.41, 5.74) is 9.78. The van der Waals surface area contributed by atoms with Crippen molar-refractivity contribution in [3.8, 4) is 0 Å². The van der Waals surface area contributed by atoms with Gasteiger partial charge >= 0.3 is 0 Å². The van der Waals surface area contributed by atoms with Gasteiger partial charge in [-0.3, -0.25) is 0 Å². The number of hydrogen-bond acceptors (Lipinski definition) is 2. The second-order valence-electron chi connectivity index (χ2n) is 4.77. The Labute approximate surface area is 140 Å². The van der Waals surface area contributed by atoms with Crippen LogP contribution in [0.5, 0.6) is 0 Å². The molecule has 2 aromatic carbocycles. The monoisotopic (exact) mass is 338 g/mol. The smallest absolute Gasteiger partial charge is 0.106 e. The number of benzene rings is 2. The van der Waals surface area contributed by atoms with Crippen LogP contribution in [0.1, 0.15) is 16.7 Å². The SMILES string of the molecule is Cc1cccc(C(N)=S)c1NCCc1ccc(Cl)cc1Cl. The van der Waals surface area contributed by atoms with E-state index in [2.05, 4.69) is 5.32 Å². The second-order valence-corrected chi connectivity index (χ2v) is 6.06. The van der Waals surface area contributed by atoms with E-state index < -0.39 is 0 Å². The maximum Gasteiger partial charge on any atom is 0.106 e. The second kappa shape index (κ2) is 7.12. The maximum absolute atomic E-state index is 6.17. The van der Waals surface area contributed by atoms with E-state index in [0.29, 0.717) is 15.0 Å². The lowest BCUT2D eigenvalue weighted by atomic mass is 10.1. The number of aryl methyl sites for hydroxylation is 1. The minimum Gasteiger partial charge on any atom is -0.389 e. The first kappa shape index (κ1) is 16.1. The Kier molecular flexibility index (Phi) is 5.45. The van der Waals surface area contributed by atoms with E-state index in [1.165, 1.54) is 0 Å². The molecule has 0 amide bonds. The van der Waals surface area contributed by atoms with Gasteiger partial charge in [0.15, 0.2) is 0 Å². The van der Waals surface area contributed by atoms with Gasteiger partial charge in [-0.25, -0.2) is 0 Å². The van der Waals surface area contributed by atoms with E-state index in [4.69, 9.17) is 41.2 Å². The van der Waals surface area contributed by atoms with Crippen LogP contribution in [0.15, 0.2) is 36.4 Å². The Morgan fingerprint density at radius 3 is 2.67 bits per heavy atom. The van der Waals surface area contributed by atoms with E-state index in [9.17, 15) is 0 Å². The van der Waals surface area contributed by atoms with Crippen molar-refractivity contribution in [1.82, 2.24) is 0 Å². The van der Waals surface area contributed by atoms with Gasteiger partial charge in [0.05, 0.1) is 0 Å². The number of thiocarbonyl (C=S) groups is 1. The number of rotatable bonds is 5. The molecule has 0 aliphatic carbocycles. The van der Waals surface area contributed by atoms with Crippen molar-refractivity contribution < 1.29 is 0 Å². The fourth-order valence-electron chi connectivity index (χ4n) is 2.15. The Bertz CT molecular complexity index is 671. The summed E-state index contributed by atoms with van der Waals surface area (Å²) in [5, 5.41) is 4.72. The van der Waals surface area contributed by atoms with E-state index in [1.807, 2.05) is 37.3 Å². The van der Waals surface area contributed by atoms with Crippen molar-refractivity contribution in [3.05, 3.63) is 63.1 Å². The molecule has 3 N–H and O–H groups in total. The molecular weight excluding hydrogens is 323 g/mol. The average molecular weight is 339 g/mol. The quantitative estimate of drug-likeness (QED) is 0.783. The van der Waals surface area contributed by atoms with Crippen molar-refractivity contribution in [2.24, 2.45) is 5.73 Å². The highest BCUT2D eigenvalue weighted by molar-refractivity contribution is 7.80. The molecule has 0 aromatic heterocycles. The van der Waals surface area contributed by atoms with Crippen LogP contribution < -0.4 is 11.1 Å². The molecule has 0 spiro atoms. The lowest BCUT2D eigenvalue weighted by Gasteiger charge is -2.14.